The van der Waals surface area contributed by atoms with E-state index in [4.69, 9.17) is 0 Å². The molecule has 178 valence electrons. The van der Waals surface area contributed by atoms with Crippen LogP contribution in [0.15, 0.2) is 60.7 Å². The fourth-order valence-electron chi connectivity index (χ4n) is 3.66. The van der Waals surface area contributed by atoms with Crippen molar-refractivity contribution in [3.63, 3.8) is 0 Å². The van der Waals surface area contributed by atoms with Gasteiger partial charge in [0.1, 0.15) is 0 Å². The molecule has 0 N–H and O–H groups in total. The van der Waals surface area contributed by atoms with E-state index in [0.29, 0.717) is 34.9 Å². The Morgan fingerprint density at radius 1 is 0.618 bits per heavy atom. The van der Waals surface area contributed by atoms with Gasteiger partial charge < -0.3 is 0 Å². The molecule has 0 heterocycles. The first-order valence-corrected chi connectivity index (χ1v) is 11.4. The smallest absolute Gasteiger partial charge is 0.288 e. The van der Waals surface area contributed by atoms with Crippen molar-refractivity contribution in [2.24, 2.45) is 0 Å². The van der Waals surface area contributed by atoms with Crippen LogP contribution in [0.3, 0.4) is 0 Å². The van der Waals surface area contributed by atoms with Crippen LogP contribution < -0.4 is 5.30 Å². The number of alkyl halides is 6. The van der Waals surface area contributed by atoms with Crippen LogP contribution in [0.4, 0.5) is 26.3 Å². The second kappa shape index (κ2) is 9.34. The topological polar surface area (TPSA) is 34.1 Å². The van der Waals surface area contributed by atoms with Crippen LogP contribution in [0.1, 0.15) is 48.5 Å². The molecule has 0 aliphatic rings. The summed E-state index contributed by atoms with van der Waals surface area (Å²) < 4.78 is 82.5. The molecule has 0 fully saturated rings. The molecule has 9 heteroatoms. The van der Waals surface area contributed by atoms with Gasteiger partial charge in [-0.25, -0.2) is 0 Å². The average Bonchev–Trinajstić information content (AvgIpc) is 2.75. The maximum Gasteiger partial charge on any atom is 0.417 e. The molecule has 3 rings (SSSR count). The molecule has 2 nitrogen and oxygen atoms in total. The first-order chi connectivity index (χ1) is 15.7. The number of carbonyl (C=O) groups is 2. The Balaban J connectivity index is 2.34. The van der Waals surface area contributed by atoms with Gasteiger partial charge in [-0.1, -0.05) is 48.5 Å². The van der Waals surface area contributed by atoms with Gasteiger partial charge in [-0.3, -0.25) is 9.59 Å². The summed E-state index contributed by atoms with van der Waals surface area (Å²) in [5.41, 5.74) is -5.44. The zero-order valence-corrected chi connectivity index (χ0v) is 19.2. The molecule has 0 amide bonds. The van der Waals surface area contributed by atoms with Gasteiger partial charge in [-0.15, -0.1) is 0 Å². The van der Waals surface area contributed by atoms with Gasteiger partial charge in [-0.05, 0) is 54.9 Å². The molecule has 3 aromatic carbocycles. The average molecular weight is 496 g/mol. The van der Waals surface area contributed by atoms with Gasteiger partial charge in [-0.2, -0.15) is 26.3 Å². The first-order valence-electron chi connectivity index (χ1n) is 10.0. The molecule has 1 unspecified atom stereocenters. The number of benzene rings is 3. The predicted molar refractivity (Wildman–Crippen MR) is 119 cm³/mol. The van der Waals surface area contributed by atoms with Crippen LogP contribution in [-0.4, -0.2) is 11.0 Å². The molecule has 34 heavy (non-hydrogen) atoms. The summed E-state index contributed by atoms with van der Waals surface area (Å²) in [5.74, 6) is 0. The van der Waals surface area contributed by atoms with Gasteiger partial charge in [0.25, 0.3) is 0 Å². The summed E-state index contributed by atoms with van der Waals surface area (Å²) in [7, 11) is -2.78. The quantitative estimate of drug-likeness (QED) is 0.272. The van der Waals surface area contributed by atoms with Crippen LogP contribution >= 0.6 is 7.92 Å². The highest BCUT2D eigenvalue weighted by atomic mass is 31.1. The Kier molecular flexibility index (Phi) is 7.04. The van der Waals surface area contributed by atoms with E-state index in [1.165, 1.54) is 24.3 Å². The predicted octanol–water partition coefficient (Wildman–Crippen LogP) is 7.44. The third kappa shape index (κ3) is 4.92. The lowest BCUT2D eigenvalue weighted by molar-refractivity contribution is -0.143. The largest absolute Gasteiger partial charge is 0.417 e. The number of halogens is 6. The number of hydrogen-bond donors (Lipinski definition) is 0. The Labute approximate surface area is 193 Å². The molecule has 3 aromatic rings. The lowest BCUT2D eigenvalue weighted by Gasteiger charge is -2.23. The van der Waals surface area contributed by atoms with Crippen molar-refractivity contribution in [1.82, 2.24) is 0 Å². The highest BCUT2D eigenvalue weighted by Crippen LogP contribution is 2.49. The molecule has 0 saturated carbocycles. The number of aryl methyl sites for hydroxylation is 2. The van der Waals surface area contributed by atoms with E-state index in [2.05, 4.69) is 0 Å². The van der Waals surface area contributed by atoms with Crippen molar-refractivity contribution >= 4 is 24.3 Å². The van der Waals surface area contributed by atoms with Gasteiger partial charge in [0, 0.05) is 11.1 Å². The first kappa shape index (κ1) is 25.6. The molecule has 0 aliphatic heterocycles. The molecule has 0 saturated heterocycles. The monoisotopic (exact) mass is 496 g/mol. The van der Waals surface area contributed by atoms with Gasteiger partial charge >= 0.3 is 12.4 Å². The number of carbonyl (C=O) groups excluding carboxylic acids is 2. The second-order valence-electron chi connectivity index (χ2n) is 7.70. The van der Waals surface area contributed by atoms with E-state index < -0.39 is 48.0 Å². The minimum atomic E-state index is -5.23. The zero-order chi connectivity index (χ0) is 25.4. The summed E-state index contributed by atoms with van der Waals surface area (Å²) in [4.78, 5) is 27.3. The standard InChI is InChI=1S/C25H19F6O2P/c1-14-12-13-15(2)20(16(14)3)22(32)34(17-8-5-4-6-9-17)23(33)21-18(24(26,27)28)10-7-11-19(21)25(29,30)31/h4-13H,1-3H3. The summed E-state index contributed by atoms with van der Waals surface area (Å²) in [6.45, 7) is 4.95. The van der Waals surface area contributed by atoms with Gasteiger partial charge in [0.15, 0.2) is 11.0 Å². The zero-order valence-electron chi connectivity index (χ0n) is 18.3. The lowest BCUT2D eigenvalue weighted by Crippen LogP contribution is -2.24. The van der Waals surface area contributed by atoms with Gasteiger partial charge in [0.2, 0.25) is 0 Å². The van der Waals surface area contributed by atoms with Crippen LogP contribution in [0.2, 0.25) is 0 Å². The maximum atomic E-state index is 13.8. The summed E-state index contributed by atoms with van der Waals surface area (Å²) in [6.07, 6.45) is -10.5. The highest BCUT2D eigenvalue weighted by Gasteiger charge is 2.45. The van der Waals surface area contributed by atoms with Crippen molar-refractivity contribution < 1.29 is 35.9 Å². The molecule has 0 radical (unpaired) electrons. The molecular formula is C25H19F6O2P. The minimum Gasteiger partial charge on any atom is -0.288 e. The van der Waals surface area contributed by atoms with Crippen molar-refractivity contribution in [3.8, 4) is 0 Å². The molecular weight excluding hydrogens is 477 g/mol. The fraction of sp³-hybridized carbons (Fsp3) is 0.200. The van der Waals surface area contributed by atoms with Crippen LogP contribution in [0.25, 0.3) is 0 Å². The van der Waals surface area contributed by atoms with E-state index in [1.54, 1.807) is 39.0 Å². The van der Waals surface area contributed by atoms with E-state index in [-0.39, 0.29) is 10.9 Å². The van der Waals surface area contributed by atoms with Crippen LogP contribution in [0.5, 0.6) is 0 Å². The molecule has 0 aliphatic carbocycles. The van der Waals surface area contributed by atoms with Crippen molar-refractivity contribution in [2.45, 2.75) is 33.1 Å². The third-order valence-electron chi connectivity index (χ3n) is 5.47. The van der Waals surface area contributed by atoms with Crippen molar-refractivity contribution in [1.29, 1.82) is 0 Å². The Morgan fingerprint density at radius 3 is 1.59 bits per heavy atom. The lowest BCUT2D eigenvalue weighted by atomic mass is 9.99. The Hall–Kier alpha value is -2.99. The van der Waals surface area contributed by atoms with E-state index in [0.717, 1.165) is 0 Å². The summed E-state index contributed by atoms with van der Waals surface area (Å²) in [5, 5.41) is 0.0675. The molecule has 1 atom stereocenters. The van der Waals surface area contributed by atoms with Crippen LogP contribution in [0, 0.1) is 20.8 Å². The summed E-state index contributed by atoms with van der Waals surface area (Å²) >= 11 is 0. The minimum absolute atomic E-state index is 0.0675. The van der Waals surface area contributed by atoms with E-state index in [9.17, 15) is 35.9 Å². The van der Waals surface area contributed by atoms with Crippen molar-refractivity contribution in [3.05, 3.63) is 99.6 Å². The molecule has 0 aromatic heterocycles. The SMILES string of the molecule is Cc1ccc(C)c(C(=O)P(C(=O)c2c(C(F)(F)F)cccc2C(F)(F)F)c2ccccc2)c1C. The van der Waals surface area contributed by atoms with Crippen molar-refractivity contribution in [2.75, 3.05) is 0 Å². The molecule has 0 bridgehead atoms. The summed E-state index contributed by atoms with van der Waals surface area (Å²) in [6, 6.07) is 12.1. The maximum absolute atomic E-state index is 13.8. The van der Waals surface area contributed by atoms with Gasteiger partial charge in [0.05, 0.1) is 19.0 Å². The Bertz CT molecular complexity index is 1210. The van der Waals surface area contributed by atoms with E-state index >= 15 is 0 Å². The fourth-order valence-corrected chi connectivity index (χ4v) is 5.82. The third-order valence-corrected chi connectivity index (χ3v) is 7.54. The highest BCUT2D eigenvalue weighted by molar-refractivity contribution is 7.96. The van der Waals surface area contributed by atoms with E-state index in [1.807, 2.05) is 0 Å². The Morgan fingerprint density at radius 2 is 1.09 bits per heavy atom. The number of hydrogen-bond acceptors (Lipinski definition) is 2. The number of rotatable bonds is 5. The van der Waals surface area contributed by atoms with Crippen LogP contribution in [-0.2, 0) is 12.4 Å². The second-order valence-corrected chi connectivity index (χ2v) is 9.70. The normalized spacial score (nSPS) is 13.0. The molecule has 0 spiro atoms.